The van der Waals surface area contributed by atoms with E-state index in [0.717, 1.165) is 17.7 Å². The first-order chi connectivity index (χ1) is 7.30. The van der Waals surface area contributed by atoms with Gasteiger partial charge in [0.15, 0.2) is 0 Å². The topological polar surface area (TPSA) is 26.0 Å². The van der Waals surface area contributed by atoms with Gasteiger partial charge in [0.25, 0.3) is 0 Å². The van der Waals surface area contributed by atoms with Crippen molar-refractivity contribution in [2.24, 2.45) is 5.73 Å². The van der Waals surface area contributed by atoms with Crippen molar-refractivity contribution in [2.45, 2.75) is 25.4 Å². The van der Waals surface area contributed by atoms with Crippen molar-refractivity contribution < 1.29 is 13.2 Å². The molecule has 0 heterocycles. The number of nitrogens with two attached hydrogens (primary N) is 1. The third-order valence-corrected chi connectivity index (χ3v) is 2.48. The van der Waals surface area contributed by atoms with Gasteiger partial charge in [0.2, 0.25) is 0 Å². The van der Waals surface area contributed by atoms with Crippen molar-refractivity contribution in [1.82, 2.24) is 0 Å². The van der Waals surface area contributed by atoms with Gasteiger partial charge in [0, 0.05) is 6.42 Å². The molecule has 0 amide bonds. The van der Waals surface area contributed by atoms with E-state index in [-0.39, 0.29) is 5.92 Å². The van der Waals surface area contributed by atoms with Crippen LogP contribution in [0.5, 0.6) is 0 Å². The smallest absolute Gasteiger partial charge is 0.393 e. The molecule has 1 unspecified atom stereocenters. The SMILES string of the molecule is CC(CC(N)=S)c1ccc(C(F)(F)F)cc1. The molecule has 1 nitrogen and oxygen atoms in total. The number of alkyl halides is 3. The third-order valence-electron chi connectivity index (χ3n) is 2.31. The number of thiocarbonyl (C=S) groups is 1. The molecule has 1 atom stereocenters. The fraction of sp³-hybridized carbons (Fsp3) is 0.364. The molecule has 1 rings (SSSR count). The maximum Gasteiger partial charge on any atom is 0.416 e. The molecular formula is C11H12F3NS. The molecular weight excluding hydrogens is 235 g/mol. The van der Waals surface area contributed by atoms with Crippen molar-refractivity contribution in [2.75, 3.05) is 0 Å². The molecule has 2 N–H and O–H groups in total. The largest absolute Gasteiger partial charge is 0.416 e. The van der Waals surface area contributed by atoms with Crippen LogP contribution in [0.1, 0.15) is 30.4 Å². The van der Waals surface area contributed by atoms with Gasteiger partial charge in [0.05, 0.1) is 10.6 Å². The lowest BCUT2D eigenvalue weighted by Gasteiger charge is -2.12. The number of rotatable bonds is 3. The fourth-order valence-electron chi connectivity index (χ4n) is 1.42. The molecule has 0 aliphatic carbocycles. The zero-order valence-corrected chi connectivity index (χ0v) is 9.53. The number of benzene rings is 1. The number of hydrogen-bond donors (Lipinski definition) is 1. The Balaban J connectivity index is 2.83. The van der Waals surface area contributed by atoms with E-state index >= 15 is 0 Å². The van der Waals surface area contributed by atoms with Gasteiger partial charge in [-0.3, -0.25) is 0 Å². The molecule has 88 valence electrons. The first-order valence-electron chi connectivity index (χ1n) is 4.76. The van der Waals surface area contributed by atoms with E-state index in [1.54, 1.807) is 0 Å². The van der Waals surface area contributed by atoms with Gasteiger partial charge < -0.3 is 5.73 Å². The maximum absolute atomic E-state index is 12.3. The molecule has 0 aliphatic heterocycles. The third kappa shape index (κ3) is 3.48. The Morgan fingerprint density at radius 3 is 2.19 bits per heavy atom. The molecule has 16 heavy (non-hydrogen) atoms. The molecule has 0 saturated heterocycles. The van der Waals surface area contributed by atoms with Gasteiger partial charge in [-0.15, -0.1) is 0 Å². The lowest BCUT2D eigenvalue weighted by atomic mass is 9.97. The van der Waals surface area contributed by atoms with Crippen LogP contribution >= 0.6 is 12.2 Å². The van der Waals surface area contributed by atoms with Crippen LogP contribution in [0.2, 0.25) is 0 Å². The Hall–Kier alpha value is -1.10. The fourth-order valence-corrected chi connectivity index (χ4v) is 1.67. The van der Waals surface area contributed by atoms with Crippen LogP contribution in [0.15, 0.2) is 24.3 Å². The maximum atomic E-state index is 12.3. The molecule has 0 aromatic heterocycles. The van der Waals surface area contributed by atoms with E-state index in [2.05, 4.69) is 0 Å². The second kappa shape index (κ2) is 4.82. The summed E-state index contributed by atoms with van der Waals surface area (Å²) in [6.45, 7) is 1.88. The molecule has 1 aromatic rings. The molecule has 0 bridgehead atoms. The van der Waals surface area contributed by atoms with Crippen LogP contribution in [0.25, 0.3) is 0 Å². The predicted octanol–water partition coefficient (Wildman–Crippen LogP) is 3.49. The van der Waals surface area contributed by atoms with Gasteiger partial charge in [-0.1, -0.05) is 31.3 Å². The summed E-state index contributed by atoms with van der Waals surface area (Å²) < 4.78 is 36.9. The van der Waals surface area contributed by atoms with Gasteiger partial charge >= 0.3 is 6.18 Å². The summed E-state index contributed by atoms with van der Waals surface area (Å²) in [4.78, 5) is 0.368. The van der Waals surface area contributed by atoms with Crippen LogP contribution in [-0.2, 0) is 6.18 Å². The minimum atomic E-state index is -4.29. The standard InChI is InChI=1S/C11H12F3NS/c1-7(6-10(15)16)8-2-4-9(5-3-8)11(12,13)14/h2-5,7H,6H2,1H3,(H2,15,16). The highest BCUT2D eigenvalue weighted by Gasteiger charge is 2.30. The lowest BCUT2D eigenvalue weighted by Crippen LogP contribution is -2.11. The second-order valence-corrected chi connectivity index (χ2v) is 4.22. The van der Waals surface area contributed by atoms with Crippen molar-refractivity contribution in [1.29, 1.82) is 0 Å². The summed E-state index contributed by atoms with van der Waals surface area (Å²) in [6.07, 6.45) is -3.79. The summed E-state index contributed by atoms with van der Waals surface area (Å²) >= 11 is 4.75. The first-order valence-corrected chi connectivity index (χ1v) is 5.17. The number of hydrogen-bond acceptors (Lipinski definition) is 1. The molecule has 1 aromatic carbocycles. The van der Waals surface area contributed by atoms with Gasteiger partial charge in [-0.05, 0) is 23.6 Å². The highest BCUT2D eigenvalue weighted by Crippen LogP contribution is 2.30. The molecule has 0 saturated carbocycles. The summed E-state index contributed by atoms with van der Waals surface area (Å²) in [5, 5.41) is 0. The highest BCUT2D eigenvalue weighted by molar-refractivity contribution is 7.80. The van der Waals surface area contributed by atoms with Crippen LogP contribution in [-0.4, -0.2) is 4.99 Å². The van der Waals surface area contributed by atoms with Crippen LogP contribution < -0.4 is 5.73 Å². The van der Waals surface area contributed by atoms with E-state index in [1.165, 1.54) is 12.1 Å². The normalized spacial score (nSPS) is 13.5. The van der Waals surface area contributed by atoms with Gasteiger partial charge in [-0.2, -0.15) is 13.2 Å². The van der Waals surface area contributed by atoms with E-state index < -0.39 is 11.7 Å². The van der Waals surface area contributed by atoms with E-state index in [4.69, 9.17) is 18.0 Å². The minimum Gasteiger partial charge on any atom is -0.393 e. The Labute approximate surface area is 97.5 Å². The summed E-state index contributed by atoms with van der Waals surface area (Å²) in [5.41, 5.74) is 5.55. The Kier molecular flexibility index (Phi) is 3.91. The van der Waals surface area contributed by atoms with Crippen molar-refractivity contribution >= 4 is 17.2 Å². The molecule has 5 heteroatoms. The zero-order valence-electron chi connectivity index (χ0n) is 8.71. The minimum absolute atomic E-state index is 0.0415. The van der Waals surface area contributed by atoms with Gasteiger partial charge in [0.1, 0.15) is 0 Å². The van der Waals surface area contributed by atoms with Crippen LogP contribution in [0.4, 0.5) is 13.2 Å². The average Bonchev–Trinajstić information content (AvgIpc) is 2.15. The summed E-state index contributed by atoms with van der Waals surface area (Å²) in [5.74, 6) is 0.0415. The predicted molar refractivity (Wildman–Crippen MR) is 61.3 cm³/mol. The second-order valence-electron chi connectivity index (χ2n) is 3.69. The lowest BCUT2D eigenvalue weighted by molar-refractivity contribution is -0.137. The van der Waals surface area contributed by atoms with E-state index in [9.17, 15) is 13.2 Å². The summed E-state index contributed by atoms with van der Waals surface area (Å²) in [6, 6.07) is 5.08. The molecule has 0 aliphatic rings. The first kappa shape index (κ1) is 13.0. The summed E-state index contributed by atoms with van der Waals surface area (Å²) in [7, 11) is 0. The quantitative estimate of drug-likeness (QED) is 0.827. The monoisotopic (exact) mass is 247 g/mol. The molecule has 0 radical (unpaired) electrons. The van der Waals surface area contributed by atoms with Crippen LogP contribution in [0, 0.1) is 0 Å². The van der Waals surface area contributed by atoms with Crippen molar-refractivity contribution in [3.63, 3.8) is 0 Å². The van der Waals surface area contributed by atoms with Gasteiger partial charge in [-0.25, -0.2) is 0 Å². The Morgan fingerprint density at radius 1 is 1.31 bits per heavy atom. The highest BCUT2D eigenvalue weighted by atomic mass is 32.1. The Bertz CT molecular complexity index is 370. The van der Waals surface area contributed by atoms with Crippen LogP contribution in [0.3, 0.4) is 0 Å². The van der Waals surface area contributed by atoms with Crippen molar-refractivity contribution in [3.05, 3.63) is 35.4 Å². The van der Waals surface area contributed by atoms with Crippen molar-refractivity contribution in [3.8, 4) is 0 Å². The molecule has 0 fully saturated rings. The van der Waals surface area contributed by atoms with E-state index in [0.29, 0.717) is 11.4 Å². The average molecular weight is 247 g/mol. The Morgan fingerprint density at radius 2 is 1.81 bits per heavy atom. The molecule has 0 spiro atoms. The van der Waals surface area contributed by atoms with E-state index in [1.807, 2.05) is 6.92 Å². The number of halogens is 3. The zero-order chi connectivity index (χ0) is 12.3.